The molecular weight excluding hydrogens is 176 g/mol. The van der Waals surface area contributed by atoms with Gasteiger partial charge < -0.3 is 11.1 Å². The van der Waals surface area contributed by atoms with E-state index in [9.17, 15) is 4.79 Å². The standard InChI is InChI=1S/C11H20N2O/c1-4-5-8-6-11(2,3)13-10(14)9(8)7-12/h6,9H,4-5,7,12H2,1-3H3,(H,13,14). The summed E-state index contributed by atoms with van der Waals surface area (Å²) in [6.07, 6.45) is 4.18. The fraction of sp³-hybridized carbons (Fsp3) is 0.727. The van der Waals surface area contributed by atoms with Gasteiger partial charge in [0.05, 0.1) is 11.5 Å². The average Bonchev–Trinajstić information content (AvgIpc) is 2.02. The van der Waals surface area contributed by atoms with E-state index >= 15 is 0 Å². The maximum Gasteiger partial charge on any atom is 0.229 e. The summed E-state index contributed by atoms with van der Waals surface area (Å²) in [5.41, 5.74) is 6.58. The molecule has 3 heteroatoms. The molecule has 0 aromatic rings. The summed E-state index contributed by atoms with van der Waals surface area (Å²) >= 11 is 0. The van der Waals surface area contributed by atoms with Crippen LogP contribution in [0.25, 0.3) is 0 Å². The number of carbonyl (C=O) groups excluding carboxylic acids is 1. The maximum atomic E-state index is 11.7. The van der Waals surface area contributed by atoms with Crippen LogP contribution in [0.4, 0.5) is 0 Å². The van der Waals surface area contributed by atoms with Crippen molar-refractivity contribution in [3.8, 4) is 0 Å². The minimum absolute atomic E-state index is 0.0726. The van der Waals surface area contributed by atoms with Gasteiger partial charge in [-0.25, -0.2) is 0 Å². The van der Waals surface area contributed by atoms with E-state index in [1.54, 1.807) is 0 Å². The van der Waals surface area contributed by atoms with Crippen LogP contribution in [0.1, 0.15) is 33.6 Å². The average molecular weight is 196 g/mol. The Bertz CT molecular complexity index is 256. The number of nitrogens with one attached hydrogen (secondary N) is 1. The molecule has 3 N–H and O–H groups in total. The van der Waals surface area contributed by atoms with E-state index in [4.69, 9.17) is 5.73 Å². The summed E-state index contributed by atoms with van der Waals surface area (Å²) in [4.78, 5) is 11.7. The molecule has 1 aliphatic rings. The molecule has 0 aliphatic carbocycles. The van der Waals surface area contributed by atoms with Crippen molar-refractivity contribution in [2.45, 2.75) is 39.2 Å². The highest BCUT2D eigenvalue weighted by molar-refractivity contribution is 5.84. The zero-order chi connectivity index (χ0) is 10.8. The largest absolute Gasteiger partial charge is 0.347 e. The van der Waals surface area contributed by atoms with Crippen LogP contribution in [0, 0.1) is 5.92 Å². The monoisotopic (exact) mass is 196 g/mol. The van der Waals surface area contributed by atoms with Crippen LogP contribution in [0.15, 0.2) is 11.6 Å². The van der Waals surface area contributed by atoms with E-state index in [0.29, 0.717) is 6.54 Å². The van der Waals surface area contributed by atoms with E-state index in [2.05, 4.69) is 18.3 Å². The lowest BCUT2D eigenvalue weighted by Crippen LogP contribution is -2.51. The first-order valence-electron chi connectivity index (χ1n) is 5.24. The molecule has 3 nitrogen and oxygen atoms in total. The van der Waals surface area contributed by atoms with Crippen LogP contribution in [0.3, 0.4) is 0 Å². The van der Waals surface area contributed by atoms with Crippen molar-refractivity contribution in [1.29, 1.82) is 0 Å². The Labute approximate surface area is 85.7 Å². The van der Waals surface area contributed by atoms with Gasteiger partial charge in [-0.15, -0.1) is 0 Å². The number of amides is 1. The molecule has 1 heterocycles. The van der Waals surface area contributed by atoms with Crippen molar-refractivity contribution in [3.05, 3.63) is 11.6 Å². The van der Waals surface area contributed by atoms with Crippen molar-refractivity contribution >= 4 is 5.91 Å². The minimum Gasteiger partial charge on any atom is -0.347 e. The zero-order valence-electron chi connectivity index (χ0n) is 9.26. The van der Waals surface area contributed by atoms with E-state index in [-0.39, 0.29) is 17.4 Å². The Morgan fingerprint density at radius 3 is 2.71 bits per heavy atom. The summed E-state index contributed by atoms with van der Waals surface area (Å²) in [6, 6.07) is 0. The lowest BCUT2D eigenvalue weighted by Gasteiger charge is -2.33. The van der Waals surface area contributed by atoms with Crippen LogP contribution in [-0.2, 0) is 4.79 Å². The smallest absolute Gasteiger partial charge is 0.229 e. The number of nitrogens with two attached hydrogens (primary N) is 1. The second-order valence-electron chi connectivity index (χ2n) is 4.47. The Hall–Kier alpha value is -0.830. The van der Waals surface area contributed by atoms with Crippen molar-refractivity contribution in [2.24, 2.45) is 11.7 Å². The lowest BCUT2D eigenvalue weighted by molar-refractivity contribution is -0.125. The molecule has 0 spiro atoms. The third-order valence-electron chi connectivity index (χ3n) is 2.53. The fourth-order valence-corrected chi connectivity index (χ4v) is 1.97. The summed E-state index contributed by atoms with van der Waals surface area (Å²) in [6.45, 7) is 6.54. The molecule has 1 unspecified atom stereocenters. The van der Waals surface area contributed by atoms with Crippen LogP contribution in [0.5, 0.6) is 0 Å². The highest BCUT2D eigenvalue weighted by Gasteiger charge is 2.31. The molecule has 0 aromatic heterocycles. The molecule has 14 heavy (non-hydrogen) atoms. The topological polar surface area (TPSA) is 55.1 Å². The predicted molar refractivity (Wildman–Crippen MR) is 57.8 cm³/mol. The molecule has 0 aromatic carbocycles. The fourth-order valence-electron chi connectivity index (χ4n) is 1.97. The van der Waals surface area contributed by atoms with Crippen LogP contribution >= 0.6 is 0 Å². The zero-order valence-corrected chi connectivity index (χ0v) is 9.26. The molecule has 1 rings (SSSR count). The number of rotatable bonds is 3. The van der Waals surface area contributed by atoms with Gasteiger partial charge >= 0.3 is 0 Å². The molecule has 0 bridgehead atoms. The number of hydrogen-bond acceptors (Lipinski definition) is 2. The summed E-state index contributed by atoms with van der Waals surface area (Å²) in [5.74, 6) is -0.0357. The molecule has 1 amide bonds. The van der Waals surface area contributed by atoms with Gasteiger partial charge in [-0.3, -0.25) is 4.79 Å². The van der Waals surface area contributed by atoms with E-state index in [1.165, 1.54) is 5.57 Å². The normalized spacial score (nSPS) is 25.6. The second kappa shape index (κ2) is 4.13. The molecule has 80 valence electrons. The van der Waals surface area contributed by atoms with Gasteiger partial charge in [-0.05, 0) is 20.3 Å². The minimum atomic E-state index is -0.215. The van der Waals surface area contributed by atoms with Gasteiger partial charge in [0.15, 0.2) is 0 Å². The van der Waals surface area contributed by atoms with E-state index in [1.807, 2.05) is 13.8 Å². The SMILES string of the molecule is CCCC1=CC(C)(C)NC(=O)C1CN. The van der Waals surface area contributed by atoms with Gasteiger partial charge in [0, 0.05) is 6.54 Å². The number of carbonyl (C=O) groups is 1. The molecule has 0 saturated heterocycles. The van der Waals surface area contributed by atoms with Gasteiger partial charge in [-0.2, -0.15) is 0 Å². The Morgan fingerprint density at radius 1 is 1.57 bits per heavy atom. The van der Waals surface area contributed by atoms with E-state index < -0.39 is 0 Å². The predicted octanol–water partition coefficient (Wildman–Crippen LogP) is 1.20. The van der Waals surface area contributed by atoms with Crippen molar-refractivity contribution < 1.29 is 4.79 Å². The van der Waals surface area contributed by atoms with Crippen molar-refractivity contribution in [3.63, 3.8) is 0 Å². The first-order chi connectivity index (χ1) is 6.50. The van der Waals surface area contributed by atoms with E-state index in [0.717, 1.165) is 12.8 Å². The summed E-state index contributed by atoms with van der Waals surface area (Å²) < 4.78 is 0. The molecule has 0 fully saturated rings. The molecule has 1 atom stereocenters. The number of hydrogen-bond donors (Lipinski definition) is 2. The molecular formula is C11H20N2O. The van der Waals surface area contributed by atoms with Crippen LogP contribution in [0.2, 0.25) is 0 Å². The Balaban J connectivity index is 2.92. The third kappa shape index (κ3) is 2.35. The maximum absolute atomic E-state index is 11.7. The van der Waals surface area contributed by atoms with Crippen molar-refractivity contribution in [1.82, 2.24) is 5.32 Å². The van der Waals surface area contributed by atoms with Gasteiger partial charge in [0.2, 0.25) is 5.91 Å². The lowest BCUT2D eigenvalue weighted by atomic mass is 9.85. The Morgan fingerprint density at radius 2 is 2.21 bits per heavy atom. The first-order valence-corrected chi connectivity index (χ1v) is 5.24. The third-order valence-corrected chi connectivity index (χ3v) is 2.53. The first kappa shape index (κ1) is 11.2. The molecule has 1 aliphatic heterocycles. The van der Waals surface area contributed by atoms with Gasteiger partial charge in [-0.1, -0.05) is 25.0 Å². The van der Waals surface area contributed by atoms with Crippen LogP contribution in [-0.4, -0.2) is 18.0 Å². The van der Waals surface area contributed by atoms with Gasteiger partial charge in [0.25, 0.3) is 0 Å². The highest BCUT2D eigenvalue weighted by atomic mass is 16.2. The summed E-state index contributed by atoms with van der Waals surface area (Å²) in [5, 5.41) is 2.95. The van der Waals surface area contributed by atoms with Crippen molar-refractivity contribution in [2.75, 3.05) is 6.54 Å². The van der Waals surface area contributed by atoms with Crippen LogP contribution < -0.4 is 11.1 Å². The van der Waals surface area contributed by atoms with Gasteiger partial charge in [0.1, 0.15) is 0 Å². The molecule has 0 radical (unpaired) electrons. The highest BCUT2D eigenvalue weighted by Crippen LogP contribution is 2.25. The second-order valence-corrected chi connectivity index (χ2v) is 4.47. The molecule has 0 saturated carbocycles. The summed E-state index contributed by atoms with van der Waals surface area (Å²) in [7, 11) is 0. The Kier molecular flexibility index (Phi) is 3.32. The quantitative estimate of drug-likeness (QED) is 0.666.